The second-order valence-electron chi connectivity index (χ2n) is 3.40. The van der Waals surface area contributed by atoms with Crippen molar-refractivity contribution in [2.24, 2.45) is 0 Å². The molecule has 0 spiro atoms. The molecule has 0 fully saturated rings. The largest absolute Gasteiger partial charge is 0.228 e. The standard InChI is InChI=1S/C10H14N2O2S2/c1-3-10(6-11)16(13,14)12-7-9-5-4-8(2)15-9/h4-5,10,12H,3,7H2,1-2H3. The third-order valence-electron chi connectivity index (χ3n) is 2.13. The first-order valence-electron chi connectivity index (χ1n) is 4.93. The fourth-order valence-electron chi connectivity index (χ4n) is 1.23. The van der Waals surface area contributed by atoms with E-state index in [0.29, 0.717) is 6.42 Å². The number of hydrogen-bond acceptors (Lipinski definition) is 4. The molecule has 1 aromatic heterocycles. The summed E-state index contributed by atoms with van der Waals surface area (Å²) in [4.78, 5) is 2.09. The Kier molecular flexibility index (Phi) is 4.47. The molecule has 0 saturated carbocycles. The fraction of sp³-hybridized carbons (Fsp3) is 0.500. The Bertz CT molecular complexity index is 485. The zero-order valence-corrected chi connectivity index (χ0v) is 10.9. The van der Waals surface area contributed by atoms with Crippen molar-refractivity contribution in [2.75, 3.05) is 0 Å². The molecule has 1 aromatic rings. The zero-order chi connectivity index (χ0) is 12.2. The Labute approximate surface area is 100.0 Å². The van der Waals surface area contributed by atoms with Crippen LogP contribution in [0.1, 0.15) is 23.1 Å². The molecular formula is C10H14N2O2S2. The lowest BCUT2D eigenvalue weighted by molar-refractivity contribution is 0.573. The molecule has 16 heavy (non-hydrogen) atoms. The van der Waals surface area contributed by atoms with Crippen LogP contribution in [0.4, 0.5) is 0 Å². The number of nitrogens with one attached hydrogen (secondary N) is 1. The van der Waals surface area contributed by atoms with Crippen LogP contribution in [-0.2, 0) is 16.6 Å². The maximum absolute atomic E-state index is 11.6. The summed E-state index contributed by atoms with van der Waals surface area (Å²) in [6, 6.07) is 5.61. The third kappa shape index (κ3) is 3.30. The van der Waals surface area contributed by atoms with Crippen LogP contribution in [0.2, 0.25) is 0 Å². The van der Waals surface area contributed by atoms with Crippen molar-refractivity contribution in [1.82, 2.24) is 4.72 Å². The van der Waals surface area contributed by atoms with Gasteiger partial charge in [0, 0.05) is 16.3 Å². The predicted molar refractivity (Wildman–Crippen MR) is 64.5 cm³/mol. The lowest BCUT2D eigenvalue weighted by Gasteiger charge is -2.08. The van der Waals surface area contributed by atoms with Crippen molar-refractivity contribution in [2.45, 2.75) is 32.1 Å². The van der Waals surface area contributed by atoms with Gasteiger partial charge in [-0.15, -0.1) is 11.3 Å². The van der Waals surface area contributed by atoms with Gasteiger partial charge in [-0.1, -0.05) is 6.92 Å². The molecule has 0 amide bonds. The number of hydrogen-bond donors (Lipinski definition) is 1. The summed E-state index contributed by atoms with van der Waals surface area (Å²) in [5.41, 5.74) is 0. The number of nitriles is 1. The number of aryl methyl sites for hydroxylation is 1. The molecule has 1 N–H and O–H groups in total. The molecule has 1 rings (SSSR count). The van der Waals surface area contributed by atoms with Crippen LogP contribution < -0.4 is 4.72 Å². The molecule has 1 atom stereocenters. The van der Waals surface area contributed by atoms with Crippen LogP contribution in [0.3, 0.4) is 0 Å². The summed E-state index contributed by atoms with van der Waals surface area (Å²) in [6.45, 7) is 3.91. The van der Waals surface area contributed by atoms with Crippen molar-refractivity contribution in [3.8, 4) is 6.07 Å². The van der Waals surface area contributed by atoms with Crippen LogP contribution in [0.25, 0.3) is 0 Å². The first kappa shape index (κ1) is 13.2. The average Bonchev–Trinajstić information content (AvgIpc) is 2.63. The normalized spacial score (nSPS) is 13.3. The average molecular weight is 258 g/mol. The van der Waals surface area contributed by atoms with Gasteiger partial charge in [0.1, 0.15) is 0 Å². The van der Waals surface area contributed by atoms with Gasteiger partial charge in [0.15, 0.2) is 5.25 Å². The Morgan fingerprint density at radius 3 is 2.69 bits per heavy atom. The molecule has 0 bridgehead atoms. The Hall–Kier alpha value is -0.900. The Morgan fingerprint density at radius 1 is 1.56 bits per heavy atom. The van der Waals surface area contributed by atoms with Gasteiger partial charge in [-0.05, 0) is 25.5 Å². The van der Waals surface area contributed by atoms with Crippen LogP contribution in [0.15, 0.2) is 12.1 Å². The third-order valence-corrected chi connectivity index (χ3v) is 4.87. The molecule has 0 radical (unpaired) electrons. The zero-order valence-electron chi connectivity index (χ0n) is 9.23. The summed E-state index contributed by atoms with van der Waals surface area (Å²) in [7, 11) is -3.52. The quantitative estimate of drug-likeness (QED) is 0.875. The van der Waals surface area contributed by atoms with Gasteiger partial charge < -0.3 is 0 Å². The molecule has 0 aliphatic heterocycles. The summed E-state index contributed by atoms with van der Waals surface area (Å²) >= 11 is 1.55. The van der Waals surface area contributed by atoms with Gasteiger partial charge in [0.05, 0.1) is 6.07 Å². The van der Waals surface area contributed by atoms with Gasteiger partial charge >= 0.3 is 0 Å². The summed E-state index contributed by atoms with van der Waals surface area (Å²) in [6.07, 6.45) is 0.301. The molecule has 0 aliphatic carbocycles. The molecular weight excluding hydrogens is 244 g/mol. The number of nitrogens with zero attached hydrogens (tertiary/aromatic N) is 1. The van der Waals surface area contributed by atoms with E-state index in [1.807, 2.05) is 19.1 Å². The SMILES string of the molecule is CCC(C#N)S(=O)(=O)NCc1ccc(C)s1. The van der Waals surface area contributed by atoms with Gasteiger partial charge in [0.2, 0.25) is 10.0 Å². The molecule has 0 saturated heterocycles. The van der Waals surface area contributed by atoms with Crippen molar-refractivity contribution in [1.29, 1.82) is 5.26 Å². The highest BCUT2D eigenvalue weighted by molar-refractivity contribution is 7.90. The Morgan fingerprint density at radius 2 is 2.25 bits per heavy atom. The van der Waals surface area contributed by atoms with Crippen molar-refractivity contribution in [3.63, 3.8) is 0 Å². The Balaban J connectivity index is 2.65. The smallest absolute Gasteiger partial charge is 0.211 e. The maximum Gasteiger partial charge on any atom is 0.228 e. The van der Waals surface area contributed by atoms with E-state index in [1.165, 1.54) is 0 Å². The fourth-order valence-corrected chi connectivity index (χ4v) is 3.29. The molecule has 88 valence electrons. The van der Waals surface area contributed by atoms with Gasteiger partial charge in [-0.2, -0.15) is 5.26 Å². The van der Waals surface area contributed by atoms with Gasteiger partial charge in [-0.3, -0.25) is 0 Å². The first-order chi connectivity index (χ1) is 7.49. The molecule has 1 heterocycles. The van der Waals surface area contributed by atoms with E-state index in [2.05, 4.69) is 4.72 Å². The van der Waals surface area contributed by atoms with Crippen LogP contribution in [-0.4, -0.2) is 13.7 Å². The van der Waals surface area contributed by atoms with E-state index in [1.54, 1.807) is 24.3 Å². The first-order valence-corrected chi connectivity index (χ1v) is 7.29. The molecule has 6 heteroatoms. The minimum atomic E-state index is -3.52. The van der Waals surface area contributed by atoms with E-state index in [-0.39, 0.29) is 6.54 Å². The molecule has 4 nitrogen and oxygen atoms in total. The lowest BCUT2D eigenvalue weighted by atomic mass is 10.4. The van der Waals surface area contributed by atoms with E-state index in [4.69, 9.17) is 5.26 Å². The van der Waals surface area contributed by atoms with Crippen molar-refractivity contribution >= 4 is 21.4 Å². The van der Waals surface area contributed by atoms with E-state index in [9.17, 15) is 8.42 Å². The van der Waals surface area contributed by atoms with Crippen LogP contribution in [0, 0.1) is 18.3 Å². The topological polar surface area (TPSA) is 70.0 Å². The van der Waals surface area contributed by atoms with E-state index < -0.39 is 15.3 Å². The molecule has 0 aliphatic rings. The van der Waals surface area contributed by atoms with Gasteiger partial charge in [0.25, 0.3) is 0 Å². The number of thiophene rings is 1. The predicted octanol–water partition coefficient (Wildman–Crippen LogP) is 1.78. The maximum atomic E-state index is 11.6. The number of sulfonamides is 1. The number of rotatable bonds is 5. The molecule has 1 unspecified atom stereocenters. The summed E-state index contributed by atoms with van der Waals surface area (Å²) in [5.74, 6) is 0. The van der Waals surface area contributed by atoms with Crippen molar-refractivity contribution < 1.29 is 8.42 Å². The van der Waals surface area contributed by atoms with Crippen LogP contribution in [0.5, 0.6) is 0 Å². The second kappa shape index (κ2) is 5.43. The lowest BCUT2D eigenvalue weighted by Crippen LogP contribution is -2.32. The summed E-state index contributed by atoms with van der Waals surface area (Å²) in [5, 5.41) is 7.73. The minimum Gasteiger partial charge on any atom is -0.211 e. The van der Waals surface area contributed by atoms with E-state index >= 15 is 0 Å². The monoisotopic (exact) mass is 258 g/mol. The van der Waals surface area contributed by atoms with Crippen molar-refractivity contribution in [3.05, 3.63) is 21.9 Å². The minimum absolute atomic E-state index is 0.263. The summed E-state index contributed by atoms with van der Waals surface area (Å²) < 4.78 is 25.7. The second-order valence-corrected chi connectivity index (χ2v) is 6.72. The molecule has 0 aromatic carbocycles. The van der Waals surface area contributed by atoms with Gasteiger partial charge in [-0.25, -0.2) is 13.1 Å². The highest BCUT2D eigenvalue weighted by Gasteiger charge is 2.22. The highest BCUT2D eigenvalue weighted by Crippen LogP contribution is 2.15. The van der Waals surface area contributed by atoms with E-state index in [0.717, 1.165) is 9.75 Å². The highest BCUT2D eigenvalue weighted by atomic mass is 32.2. The van der Waals surface area contributed by atoms with Crippen LogP contribution >= 0.6 is 11.3 Å².